The smallest absolute Gasteiger partial charge is 0.224 e. The van der Waals surface area contributed by atoms with E-state index in [0.29, 0.717) is 18.0 Å². The molecule has 0 radical (unpaired) electrons. The van der Waals surface area contributed by atoms with E-state index in [9.17, 15) is 4.79 Å². The van der Waals surface area contributed by atoms with Crippen LogP contribution in [-0.2, 0) is 17.8 Å². The predicted molar refractivity (Wildman–Crippen MR) is 97.0 cm³/mol. The van der Waals surface area contributed by atoms with Gasteiger partial charge < -0.3 is 10.2 Å². The third-order valence-electron chi connectivity index (χ3n) is 3.83. The van der Waals surface area contributed by atoms with Gasteiger partial charge in [0.1, 0.15) is 0 Å². The molecule has 0 aromatic heterocycles. The van der Waals surface area contributed by atoms with E-state index in [0.717, 1.165) is 24.2 Å². The molecule has 0 unspecified atom stereocenters. The van der Waals surface area contributed by atoms with Crippen LogP contribution >= 0.6 is 11.6 Å². The Morgan fingerprint density at radius 2 is 1.52 bits per heavy atom. The average molecular weight is 331 g/mol. The van der Waals surface area contributed by atoms with E-state index in [1.54, 1.807) is 12.1 Å². The number of carbonyl (C=O) groups is 1. The lowest BCUT2D eigenvalue weighted by Crippen LogP contribution is -2.24. The summed E-state index contributed by atoms with van der Waals surface area (Å²) in [6, 6.07) is 15.7. The number of anilines is 1. The molecule has 2 aromatic carbocycles. The molecule has 0 bridgehead atoms. The summed E-state index contributed by atoms with van der Waals surface area (Å²) in [5.41, 5.74) is 3.28. The van der Waals surface area contributed by atoms with Crippen molar-refractivity contribution in [3.05, 3.63) is 64.7 Å². The Hall–Kier alpha value is -2.00. The number of carbonyl (C=O) groups excluding carboxylic acids is 1. The molecule has 3 nitrogen and oxygen atoms in total. The maximum absolute atomic E-state index is 12.0. The van der Waals surface area contributed by atoms with Crippen LogP contribution in [0.15, 0.2) is 48.5 Å². The fourth-order valence-electron chi connectivity index (χ4n) is 2.46. The van der Waals surface area contributed by atoms with Gasteiger partial charge in [-0.05, 0) is 49.2 Å². The van der Waals surface area contributed by atoms with E-state index in [-0.39, 0.29) is 5.91 Å². The fourth-order valence-corrected chi connectivity index (χ4v) is 2.59. The second-order valence-electron chi connectivity index (χ2n) is 5.42. The molecular weight excluding hydrogens is 308 g/mol. The van der Waals surface area contributed by atoms with Gasteiger partial charge in [-0.15, -0.1) is 0 Å². The SMILES string of the molecule is CCN(CC)c1ccc(CNC(=O)Cc2ccc(Cl)cc2)cc1. The Kier molecular flexibility index (Phi) is 6.48. The monoisotopic (exact) mass is 330 g/mol. The highest BCUT2D eigenvalue weighted by Crippen LogP contribution is 2.15. The highest BCUT2D eigenvalue weighted by atomic mass is 35.5. The van der Waals surface area contributed by atoms with E-state index in [2.05, 4.69) is 48.3 Å². The van der Waals surface area contributed by atoms with Gasteiger partial charge >= 0.3 is 0 Å². The molecule has 0 spiro atoms. The van der Waals surface area contributed by atoms with Gasteiger partial charge in [0, 0.05) is 30.3 Å². The van der Waals surface area contributed by atoms with Crippen LogP contribution < -0.4 is 10.2 Å². The predicted octanol–water partition coefficient (Wildman–Crippen LogP) is 4.05. The molecule has 0 aliphatic carbocycles. The number of hydrogen-bond acceptors (Lipinski definition) is 2. The number of nitrogens with zero attached hydrogens (tertiary/aromatic N) is 1. The molecule has 122 valence electrons. The zero-order valence-electron chi connectivity index (χ0n) is 13.7. The van der Waals surface area contributed by atoms with Gasteiger partial charge in [0.2, 0.25) is 5.91 Å². The van der Waals surface area contributed by atoms with Crippen molar-refractivity contribution in [2.75, 3.05) is 18.0 Å². The molecule has 1 amide bonds. The van der Waals surface area contributed by atoms with Crippen molar-refractivity contribution in [2.45, 2.75) is 26.8 Å². The Bertz CT molecular complexity index is 619. The Morgan fingerprint density at radius 1 is 0.957 bits per heavy atom. The molecule has 2 rings (SSSR count). The normalized spacial score (nSPS) is 10.4. The summed E-state index contributed by atoms with van der Waals surface area (Å²) >= 11 is 5.84. The molecule has 0 atom stereocenters. The summed E-state index contributed by atoms with van der Waals surface area (Å²) in [7, 11) is 0. The number of benzene rings is 2. The highest BCUT2D eigenvalue weighted by Gasteiger charge is 2.05. The van der Waals surface area contributed by atoms with E-state index in [4.69, 9.17) is 11.6 Å². The van der Waals surface area contributed by atoms with Crippen LogP contribution in [0.3, 0.4) is 0 Å². The number of amides is 1. The Morgan fingerprint density at radius 3 is 2.09 bits per heavy atom. The van der Waals surface area contributed by atoms with Gasteiger partial charge in [-0.2, -0.15) is 0 Å². The van der Waals surface area contributed by atoms with Crippen LogP contribution in [0.4, 0.5) is 5.69 Å². The molecule has 0 saturated heterocycles. The maximum atomic E-state index is 12.0. The molecule has 0 heterocycles. The van der Waals surface area contributed by atoms with E-state index < -0.39 is 0 Å². The van der Waals surface area contributed by atoms with E-state index >= 15 is 0 Å². The van der Waals surface area contributed by atoms with Crippen LogP contribution in [0.1, 0.15) is 25.0 Å². The first-order valence-corrected chi connectivity index (χ1v) is 8.35. The zero-order chi connectivity index (χ0) is 16.7. The topological polar surface area (TPSA) is 32.3 Å². The summed E-state index contributed by atoms with van der Waals surface area (Å²) < 4.78 is 0. The van der Waals surface area contributed by atoms with Crippen molar-refractivity contribution in [3.63, 3.8) is 0 Å². The van der Waals surface area contributed by atoms with Gasteiger partial charge in [-0.25, -0.2) is 0 Å². The first-order valence-electron chi connectivity index (χ1n) is 7.97. The highest BCUT2D eigenvalue weighted by molar-refractivity contribution is 6.30. The standard InChI is InChI=1S/C19H23ClN2O/c1-3-22(4-2)18-11-7-16(8-12-18)14-21-19(23)13-15-5-9-17(20)10-6-15/h5-12H,3-4,13-14H2,1-2H3,(H,21,23). The Labute approximate surface area is 143 Å². The molecule has 0 aliphatic heterocycles. The van der Waals surface area contributed by atoms with E-state index in [1.165, 1.54) is 5.69 Å². The van der Waals surface area contributed by atoms with Crippen LogP contribution in [-0.4, -0.2) is 19.0 Å². The third kappa shape index (κ3) is 5.29. The average Bonchev–Trinajstić information content (AvgIpc) is 2.57. The Balaban J connectivity index is 1.85. The van der Waals surface area contributed by atoms with Crippen LogP contribution in [0.5, 0.6) is 0 Å². The number of rotatable bonds is 7. The molecule has 0 fully saturated rings. The summed E-state index contributed by atoms with van der Waals surface area (Å²) in [5.74, 6) is 0.0140. The van der Waals surface area contributed by atoms with Gasteiger partial charge in [-0.3, -0.25) is 4.79 Å². The summed E-state index contributed by atoms with van der Waals surface area (Å²) in [6.45, 7) is 6.83. The fraction of sp³-hybridized carbons (Fsp3) is 0.316. The molecule has 0 saturated carbocycles. The quantitative estimate of drug-likeness (QED) is 0.830. The van der Waals surface area contributed by atoms with Crippen molar-refractivity contribution in [2.24, 2.45) is 0 Å². The molecule has 4 heteroatoms. The first kappa shape index (κ1) is 17.4. The van der Waals surface area contributed by atoms with Crippen LogP contribution in [0.2, 0.25) is 5.02 Å². The minimum atomic E-state index is 0.0140. The largest absolute Gasteiger partial charge is 0.372 e. The molecule has 1 N–H and O–H groups in total. The molecule has 2 aromatic rings. The van der Waals surface area contributed by atoms with Gasteiger partial charge in [0.15, 0.2) is 0 Å². The second-order valence-corrected chi connectivity index (χ2v) is 5.86. The maximum Gasteiger partial charge on any atom is 0.224 e. The third-order valence-corrected chi connectivity index (χ3v) is 4.08. The van der Waals surface area contributed by atoms with Crippen molar-refractivity contribution in [1.29, 1.82) is 0 Å². The van der Waals surface area contributed by atoms with Gasteiger partial charge in [-0.1, -0.05) is 35.9 Å². The summed E-state index contributed by atoms with van der Waals surface area (Å²) in [4.78, 5) is 14.3. The van der Waals surface area contributed by atoms with Crippen molar-refractivity contribution in [3.8, 4) is 0 Å². The number of hydrogen-bond donors (Lipinski definition) is 1. The lowest BCUT2D eigenvalue weighted by Gasteiger charge is -2.21. The summed E-state index contributed by atoms with van der Waals surface area (Å²) in [6.07, 6.45) is 0.370. The van der Waals surface area contributed by atoms with Crippen LogP contribution in [0, 0.1) is 0 Å². The number of halogens is 1. The minimum Gasteiger partial charge on any atom is -0.372 e. The minimum absolute atomic E-state index is 0.0140. The van der Waals surface area contributed by atoms with Gasteiger partial charge in [0.05, 0.1) is 6.42 Å². The van der Waals surface area contributed by atoms with Crippen molar-refractivity contribution < 1.29 is 4.79 Å². The first-order chi connectivity index (χ1) is 11.1. The summed E-state index contributed by atoms with van der Waals surface area (Å²) in [5, 5.41) is 3.64. The van der Waals surface area contributed by atoms with Crippen molar-refractivity contribution in [1.82, 2.24) is 5.32 Å². The number of nitrogens with one attached hydrogen (secondary N) is 1. The second kappa shape index (κ2) is 8.59. The zero-order valence-corrected chi connectivity index (χ0v) is 14.4. The molecular formula is C19H23ClN2O. The lowest BCUT2D eigenvalue weighted by atomic mass is 10.1. The van der Waals surface area contributed by atoms with Gasteiger partial charge in [0.25, 0.3) is 0 Å². The van der Waals surface area contributed by atoms with Crippen molar-refractivity contribution >= 4 is 23.2 Å². The van der Waals surface area contributed by atoms with E-state index in [1.807, 2.05) is 12.1 Å². The lowest BCUT2D eigenvalue weighted by molar-refractivity contribution is -0.120. The van der Waals surface area contributed by atoms with Crippen LogP contribution in [0.25, 0.3) is 0 Å². The molecule has 23 heavy (non-hydrogen) atoms. The molecule has 0 aliphatic rings.